The number of hydrogen-bond acceptors (Lipinski definition) is 4. The van der Waals surface area contributed by atoms with Gasteiger partial charge in [0.2, 0.25) is 0 Å². The molecule has 0 aliphatic heterocycles. The molecule has 0 fully saturated rings. The van der Waals surface area contributed by atoms with E-state index in [1.165, 1.54) is 12.1 Å². The Balaban J connectivity index is 2.53. The number of carbonyl (C=O) groups is 1. The molecule has 1 aromatic carbocycles. The van der Waals surface area contributed by atoms with Crippen molar-refractivity contribution >= 4 is 44.6 Å². The van der Waals surface area contributed by atoms with Crippen molar-refractivity contribution in [2.24, 2.45) is 0 Å². The van der Waals surface area contributed by atoms with Crippen molar-refractivity contribution in [1.29, 1.82) is 0 Å². The van der Waals surface area contributed by atoms with Crippen molar-refractivity contribution in [3.8, 4) is 0 Å². The van der Waals surface area contributed by atoms with Crippen LogP contribution in [0.1, 0.15) is 0 Å². The van der Waals surface area contributed by atoms with E-state index in [2.05, 4.69) is 0 Å². The zero-order valence-corrected chi connectivity index (χ0v) is 12.8. The van der Waals surface area contributed by atoms with E-state index >= 15 is 0 Å². The Hall–Kier alpha value is -1.64. The molecule has 0 saturated heterocycles. The Morgan fingerprint density at radius 1 is 1.38 bits per heavy atom. The van der Waals surface area contributed by atoms with Gasteiger partial charge in [-0.1, -0.05) is 17.7 Å². The number of rotatable bonds is 5. The smallest absolute Gasteiger partial charge is 0.324 e. The summed E-state index contributed by atoms with van der Waals surface area (Å²) in [6.45, 7) is -0.789. The van der Waals surface area contributed by atoms with E-state index < -0.39 is 28.4 Å². The Kier molecular flexibility index (Phi) is 4.50. The van der Waals surface area contributed by atoms with E-state index in [-0.39, 0.29) is 14.9 Å². The first-order chi connectivity index (χ1) is 9.82. The minimum absolute atomic E-state index is 0.0100. The maximum atomic E-state index is 13.2. The molecule has 112 valence electrons. The molecule has 0 amide bonds. The van der Waals surface area contributed by atoms with E-state index in [9.17, 15) is 17.6 Å². The molecule has 21 heavy (non-hydrogen) atoms. The molecule has 0 atom stereocenters. The average Bonchev–Trinajstić information content (AvgIpc) is 2.93. The van der Waals surface area contributed by atoms with Crippen LogP contribution in [-0.4, -0.2) is 26.0 Å². The third-order valence-electron chi connectivity index (χ3n) is 2.51. The lowest BCUT2D eigenvalue weighted by molar-refractivity contribution is -0.135. The summed E-state index contributed by atoms with van der Waals surface area (Å²) in [6.07, 6.45) is 0. The number of anilines is 1. The summed E-state index contributed by atoms with van der Waals surface area (Å²) in [5, 5.41) is 10.2. The second kappa shape index (κ2) is 6.00. The van der Waals surface area contributed by atoms with Crippen LogP contribution in [0.25, 0.3) is 0 Å². The van der Waals surface area contributed by atoms with Crippen LogP contribution in [-0.2, 0) is 14.8 Å². The fraction of sp³-hybridized carbons (Fsp3) is 0.0833. The van der Waals surface area contributed by atoms with Gasteiger partial charge in [0.05, 0.1) is 10.7 Å². The van der Waals surface area contributed by atoms with Crippen LogP contribution < -0.4 is 4.31 Å². The number of sulfonamides is 1. The highest BCUT2D eigenvalue weighted by Gasteiger charge is 2.28. The van der Waals surface area contributed by atoms with Gasteiger partial charge in [-0.25, -0.2) is 12.8 Å². The van der Waals surface area contributed by atoms with E-state index in [0.717, 1.165) is 29.5 Å². The first kappa shape index (κ1) is 15.7. The fourth-order valence-corrected chi connectivity index (χ4v) is 4.28. The van der Waals surface area contributed by atoms with Gasteiger partial charge in [-0.15, -0.1) is 11.3 Å². The number of benzene rings is 1. The molecule has 0 saturated carbocycles. The van der Waals surface area contributed by atoms with Gasteiger partial charge in [-0.05, 0) is 29.6 Å². The van der Waals surface area contributed by atoms with Crippen molar-refractivity contribution < 1.29 is 22.7 Å². The van der Waals surface area contributed by atoms with Gasteiger partial charge in [0.25, 0.3) is 10.0 Å². The Bertz CT molecular complexity index is 762. The summed E-state index contributed by atoms with van der Waals surface area (Å²) >= 11 is 6.59. The minimum Gasteiger partial charge on any atom is -0.480 e. The summed E-state index contributed by atoms with van der Waals surface area (Å²) in [6, 6.07) is 6.12. The summed E-state index contributed by atoms with van der Waals surface area (Å²) in [5.74, 6) is -2.06. The van der Waals surface area contributed by atoms with Crippen LogP contribution in [0.4, 0.5) is 10.1 Å². The molecule has 2 rings (SSSR count). The largest absolute Gasteiger partial charge is 0.480 e. The standard InChI is InChI=1S/C12H9ClFNO4S2/c13-9-6-8(3-4-10(9)14)15(7-11(16)17)21(18,19)12-2-1-5-20-12/h1-6H,7H2,(H,16,17). The van der Waals surface area contributed by atoms with E-state index in [0.29, 0.717) is 4.31 Å². The Morgan fingerprint density at radius 3 is 2.62 bits per heavy atom. The van der Waals surface area contributed by atoms with Crippen LogP contribution >= 0.6 is 22.9 Å². The molecule has 1 heterocycles. The Morgan fingerprint density at radius 2 is 2.10 bits per heavy atom. The second-order valence-electron chi connectivity index (χ2n) is 3.94. The number of hydrogen-bond donors (Lipinski definition) is 1. The molecule has 0 aliphatic carbocycles. The van der Waals surface area contributed by atoms with Crippen LogP contribution in [0.3, 0.4) is 0 Å². The van der Waals surface area contributed by atoms with Crippen LogP contribution in [0, 0.1) is 5.82 Å². The molecule has 0 spiro atoms. The van der Waals surface area contributed by atoms with Crippen LogP contribution in [0.15, 0.2) is 39.9 Å². The number of aliphatic carboxylic acids is 1. The van der Waals surface area contributed by atoms with Gasteiger partial charge >= 0.3 is 5.97 Å². The molecule has 0 unspecified atom stereocenters. The quantitative estimate of drug-likeness (QED) is 0.900. The lowest BCUT2D eigenvalue weighted by atomic mass is 10.3. The molecular weight excluding hydrogens is 341 g/mol. The SMILES string of the molecule is O=C(O)CN(c1ccc(F)c(Cl)c1)S(=O)(=O)c1cccs1. The maximum absolute atomic E-state index is 13.2. The molecule has 0 radical (unpaired) electrons. The van der Waals surface area contributed by atoms with Crippen molar-refractivity contribution in [2.75, 3.05) is 10.8 Å². The predicted molar refractivity (Wildman–Crippen MR) is 77.9 cm³/mol. The second-order valence-corrected chi connectivity index (χ2v) is 7.38. The molecule has 0 aliphatic rings. The molecule has 0 bridgehead atoms. The van der Waals surface area contributed by atoms with Crippen molar-refractivity contribution in [3.05, 3.63) is 46.6 Å². The Labute approximate surface area is 129 Å². The topological polar surface area (TPSA) is 74.7 Å². The average molecular weight is 350 g/mol. The van der Waals surface area contributed by atoms with Crippen molar-refractivity contribution in [1.82, 2.24) is 0 Å². The maximum Gasteiger partial charge on any atom is 0.324 e. The normalized spacial score (nSPS) is 11.3. The van der Waals surface area contributed by atoms with Gasteiger partial charge in [-0.3, -0.25) is 9.10 Å². The third kappa shape index (κ3) is 3.34. The van der Waals surface area contributed by atoms with Crippen LogP contribution in [0.5, 0.6) is 0 Å². The van der Waals surface area contributed by atoms with Gasteiger partial charge in [-0.2, -0.15) is 0 Å². The van der Waals surface area contributed by atoms with E-state index in [1.807, 2.05) is 0 Å². The minimum atomic E-state index is -4.05. The summed E-state index contributed by atoms with van der Waals surface area (Å²) in [4.78, 5) is 10.9. The molecule has 1 aromatic heterocycles. The molecule has 2 aromatic rings. The summed E-state index contributed by atoms with van der Waals surface area (Å²) in [5.41, 5.74) is -0.0165. The summed E-state index contributed by atoms with van der Waals surface area (Å²) < 4.78 is 38.8. The monoisotopic (exact) mass is 349 g/mol. The number of halogens is 2. The number of carboxylic acids is 1. The zero-order chi connectivity index (χ0) is 15.6. The number of nitrogens with zero attached hydrogens (tertiary/aromatic N) is 1. The van der Waals surface area contributed by atoms with Gasteiger partial charge in [0.1, 0.15) is 16.6 Å². The summed E-state index contributed by atoms with van der Waals surface area (Å²) in [7, 11) is -4.05. The van der Waals surface area contributed by atoms with Crippen molar-refractivity contribution in [3.63, 3.8) is 0 Å². The van der Waals surface area contributed by atoms with E-state index in [4.69, 9.17) is 16.7 Å². The third-order valence-corrected chi connectivity index (χ3v) is 5.95. The van der Waals surface area contributed by atoms with E-state index in [1.54, 1.807) is 5.38 Å². The molecule has 5 nitrogen and oxygen atoms in total. The number of carboxylic acid groups (broad SMARTS) is 1. The van der Waals surface area contributed by atoms with Crippen molar-refractivity contribution in [2.45, 2.75) is 4.21 Å². The molecular formula is C12H9ClFNO4S2. The first-order valence-electron chi connectivity index (χ1n) is 5.55. The highest BCUT2D eigenvalue weighted by Crippen LogP contribution is 2.29. The van der Waals surface area contributed by atoms with Gasteiger partial charge in [0, 0.05) is 0 Å². The highest BCUT2D eigenvalue weighted by atomic mass is 35.5. The predicted octanol–water partition coefficient (Wildman–Crippen LogP) is 2.82. The number of thiophene rings is 1. The zero-order valence-electron chi connectivity index (χ0n) is 10.4. The highest BCUT2D eigenvalue weighted by molar-refractivity contribution is 7.94. The first-order valence-corrected chi connectivity index (χ1v) is 8.25. The molecule has 9 heteroatoms. The lowest BCUT2D eigenvalue weighted by Gasteiger charge is -2.22. The fourth-order valence-electron chi connectivity index (χ4n) is 1.60. The van der Waals surface area contributed by atoms with Gasteiger partial charge < -0.3 is 5.11 Å². The molecule has 1 N–H and O–H groups in total. The van der Waals surface area contributed by atoms with Crippen LogP contribution in [0.2, 0.25) is 5.02 Å². The van der Waals surface area contributed by atoms with Gasteiger partial charge in [0.15, 0.2) is 0 Å². The lowest BCUT2D eigenvalue weighted by Crippen LogP contribution is -2.35.